The number of aliphatic hydroxyl groups excluding tert-OH is 1. The Bertz CT molecular complexity index is 557. The summed E-state index contributed by atoms with van der Waals surface area (Å²) in [6.45, 7) is -0.0742. The molecule has 0 radical (unpaired) electrons. The smallest absolute Gasteiger partial charge is 0.225 e. The Hall–Kier alpha value is -1.78. The summed E-state index contributed by atoms with van der Waals surface area (Å²) in [4.78, 5) is 13.0. The summed E-state index contributed by atoms with van der Waals surface area (Å²) in [6.07, 6.45) is 0.444. The molecular formula is C16H17NO2S. The third-order valence-electron chi connectivity index (χ3n) is 2.80. The predicted molar refractivity (Wildman–Crippen MR) is 82.8 cm³/mol. The van der Waals surface area contributed by atoms with E-state index >= 15 is 0 Å². The van der Waals surface area contributed by atoms with Crippen LogP contribution in [0.3, 0.4) is 0 Å². The molecule has 0 aliphatic carbocycles. The number of carbonyl (C=O) groups is 1. The van der Waals surface area contributed by atoms with E-state index in [1.807, 2.05) is 42.5 Å². The van der Waals surface area contributed by atoms with Crippen LogP contribution in [-0.4, -0.2) is 16.8 Å². The number of rotatable bonds is 6. The number of nitrogens with one attached hydrogen (secondary N) is 1. The molecule has 2 rings (SSSR count). The zero-order valence-corrected chi connectivity index (χ0v) is 11.9. The molecule has 0 unspecified atom stereocenters. The molecule has 2 aromatic rings. The van der Waals surface area contributed by atoms with Crippen molar-refractivity contribution in [3.63, 3.8) is 0 Å². The van der Waals surface area contributed by atoms with Gasteiger partial charge in [-0.3, -0.25) is 4.79 Å². The standard InChI is InChI=1S/C16H17NO2S/c18-12-13-6-4-5-9-15(13)17-16(19)10-11-20-14-7-2-1-3-8-14/h1-9,18H,10-12H2,(H,17,19). The monoisotopic (exact) mass is 287 g/mol. The highest BCUT2D eigenvalue weighted by atomic mass is 32.2. The molecule has 0 spiro atoms. The maximum Gasteiger partial charge on any atom is 0.225 e. The van der Waals surface area contributed by atoms with Crippen LogP contribution in [0.2, 0.25) is 0 Å². The minimum atomic E-state index is -0.0742. The SMILES string of the molecule is O=C(CCSc1ccccc1)Nc1ccccc1CO. The highest BCUT2D eigenvalue weighted by Gasteiger charge is 2.06. The number of amides is 1. The topological polar surface area (TPSA) is 49.3 Å². The van der Waals surface area contributed by atoms with Crippen molar-refractivity contribution in [3.8, 4) is 0 Å². The number of hydrogen-bond acceptors (Lipinski definition) is 3. The van der Waals surface area contributed by atoms with E-state index in [1.54, 1.807) is 23.9 Å². The second-order valence-corrected chi connectivity index (χ2v) is 5.44. The number of para-hydroxylation sites is 1. The van der Waals surface area contributed by atoms with Gasteiger partial charge in [0.2, 0.25) is 5.91 Å². The summed E-state index contributed by atoms with van der Waals surface area (Å²) in [7, 11) is 0. The summed E-state index contributed by atoms with van der Waals surface area (Å²) >= 11 is 1.66. The molecule has 0 aliphatic heterocycles. The summed E-state index contributed by atoms with van der Waals surface area (Å²) in [5.41, 5.74) is 1.42. The van der Waals surface area contributed by atoms with Crippen LogP contribution >= 0.6 is 11.8 Å². The normalized spacial score (nSPS) is 10.2. The molecule has 2 aromatic carbocycles. The largest absolute Gasteiger partial charge is 0.392 e. The number of thioether (sulfide) groups is 1. The van der Waals surface area contributed by atoms with Crippen LogP contribution in [0.25, 0.3) is 0 Å². The van der Waals surface area contributed by atoms with Gasteiger partial charge in [0.05, 0.1) is 6.61 Å². The van der Waals surface area contributed by atoms with Crippen molar-refractivity contribution < 1.29 is 9.90 Å². The average Bonchev–Trinajstić information content (AvgIpc) is 2.49. The first-order chi connectivity index (χ1) is 9.79. The lowest BCUT2D eigenvalue weighted by Crippen LogP contribution is -2.13. The number of hydrogen-bond donors (Lipinski definition) is 2. The third kappa shape index (κ3) is 4.40. The molecule has 0 heterocycles. The van der Waals surface area contributed by atoms with Crippen LogP contribution in [-0.2, 0) is 11.4 Å². The second-order valence-electron chi connectivity index (χ2n) is 4.27. The zero-order valence-electron chi connectivity index (χ0n) is 11.1. The van der Waals surface area contributed by atoms with Gasteiger partial charge in [-0.05, 0) is 18.2 Å². The van der Waals surface area contributed by atoms with E-state index in [1.165, 1.54) is 0 Å². The fourth-order valence-electron chi connectivity index (χ4n) is 1.77. The maximum atomic E-state index is 11.9. The van der Waals surface area contributed by atoms with Crippen LogP contribution in [0.15, 0.2) is 59.5 Å². The number of anilines is 1. The average molecular weight is 287 g/mol. The number of aliphatic hydroxyl groups is 1. The lowest BCUT2D eigenvalue weighted by Gasteiger charge is -2.09. The Kier molecular flexibility index (Phi) is 5.65. The maximum absolute atomic E-state index is 11.9. The molecule has 0 aliphatic rings. The predicted octanol–water partition coefficient (Wildman–Crippen LogP) is 3.30. The summed E-state index contributed by atoms with van der Waals surface area (Å²) in [5.74, 6) is 0.700. The van der Waals surface area contributed by atoms with Crippen molar-refractivity contribution in [2.24, 2.45) is 0 Å². The van der Waals surface area contributed by atoms with Crippen molar-refractivity contribution in [2.45, 2.75) is 17.9 Å². The van der Waals surface area contributed by atoms with Gasteiger partial charge in [0.15, 0.2) is 0 Å². The van der Waals surface area contributed by atoms with E-state index in [0.717, 1.165) is 16.2 Å². The minimum Gasteiger partial charge on any atom is -0.392 e. The summed E-state index contributed by atoms with van der Waals surface area (Å²) < 4.78 is 0. The van der Waals surface area contributed by atoms with Gasteiger partial charge in [-0.25, -0.2) is 0 Å². The Morgan fingerprint density at radius 1 is 1.05 bits per heavy atom. The molecule has 20 heavy (non-hydrogen) atoms. The van der Waals surface area contributed by atoms with Crippen molar-refractivity contribution >= 4 is 23.4 Å². The van der Waals surface area contributed by atoms with Crippen LogP contribution in [0, 0.1) is 0 Å². The quantitative estimate of drug-likeness (QED) is 0.801. The van der Waals surface area contributed by atoms with E-state index in [2.05, 4.69) is 5.32 Å². The molecular weight excluding hydrogens is 270 g/mol. The Balaban J connectivity index is 1.81. The first kappa shape index (κ1) is 14.6. The molecule has 0 saturated heterocycles. The third-order valence-corrected chi connectivity index (χ3v) is 3.82. The Labute approximate surface area is 123 Å². The lowest BCUT2D eigenvalue weighted by molar-refractivity contribution is -0.115. The summed E-state index contributed by atoms with van der Waals surface area (Å²) in [5, 5.41) is 12.0. The molecule has 0 saturated carbocycles. The van der Waals surface area contributed by atoms with Crippen molar-refractivity contribution in [1.29, 1.82) is 0 Å². The molecule has 0 aromatic heterocycles. The molecule has 3 nitrogen and oxygen atoms in total. The van der Waals surface area contributed by atoms with Crippen molar-refractivity contribution in [3.05, 3.63) is 60.2 Å². The van der Waals surface area contributed by atoms with E-state index in [9.17, 15) is 9.90 Å². The van der Waals surface area contributed by atoms with Gasteiger partial charge in [0.1, 0.15) is 0 Å². The van der Waals surface area contributed by atoms with E-state index < -0.39 is 0 Å². The zero-order chi connectivity index (χ0) is 14.2. The lowest BCUT2D eigenvalue weighted by atomic mass is 10.2. The van der Waals surface area contributed by atoms with Gasteiger partial charge in [0, 0.05) is 28.3 Å². The summed E-state index contributed by atoms with van der Waals surface area (Å²) in [6, 6.07) is 17.3. The van der Waals surface area contributed by atoms with E-state index in [4.69, 9.17) is 0 Å². The molecule has 0 bridgehead atoms. The van der Waals surface area contributed by atoms with Gasteiger partial charge in [-0.1, -0.05) is 36.4 Å². The first-order valence-corrected chi connectivity index (χ1v) is 7.44. The van der Waals surface area contributed by atoms with Crippen LogP contribution in [0.1, 0.15) is 12.0 Å². The van der Waals surface area contributed by atoms with Gasteiger partial charge in [0.25, 0.3) is 0 Å². The molecule has 4 heteroatoms. The number of carbonyl (C=O) groups excluding carboxylic acids is 1. The molecule has 0 fully saturated rings. The Morgan fingerprint density at radius 3 is 2.50 bits per heavy atom. The van der Waals surface area contributed by atoms with Crippen molar-refractivity contribution in [1.82, 2.24) is 0 Å². The fraction of sp³-hybridized carbons (Fsp3) is 0.188. The van der Waals surface area contributed by atoms with Crippen LogP contribution in [0.4, 0.5) is 5.69 Å². The molecule has 1 amide bonds. The van der Waals surface area contributed by atoms with E-state index in [0.29, 0.717) is 12.1 Å². The van der Waals surface area contributed by atoms with Gasteiger partial charge >= 0.3 is 0 Å². The minimum absolute atomic E-state index is 0.0330. The van der Waals surface area contributed by atoms with Gasteiger partial charge in [-0.2, -0.15) is 0 Å². The fourth-order valence-corrected chi connectivity index (χ4v) is 2.64. The van der Waals surface area contributed by atoms with Gasteiger partial charge < -0.3 is 10.4 Å². The van der Waals surface area contributed by atoms with E-state index in [-0.39, 0.29) is 12.5 Å². The molecule has 2 N–H and O–H groups in total. The molecule has 104 valence electrons. The first-order valence-electron chi connectivity index (χ1n) is 6.46. The second kappa shape index (κ2) is 7.72. The van der Waals surface area contributed by atoms with Crippen molar-refractivity contribution in [2.75, 3.05) is 11.1 Å². The Morgan fingerprint density at radius 2 is 1.75 bits per heavy atom. The van der Waals surface area contributed by atoms with Crippen LogP contribution in [0.5, 0.6) is 0 Å². The van der Waals surface area contributed by atoms with Gasteiger partial charge in [-0.15, -0.1) is 11.8 Å². The highest BCUT2D eigenvalue weighted by Crippen LogP contribution is 2.19. The number of benzene rings is 2. The molecule has 0 atom stereocenters. The van der Waals surface area contributed by atoms with Crippen LogP contribution < -0.4 is 5.32 Å². The highest BCUT2D eigenvalue weighted by molar-refractivity contribution is 7.99.